The molecule has 2 aromatic rings. The van der Waals surface area contributed by atoms with Crippen LogP contribution in [0.3, 0.4) is 0 Å². The van der Waals surface area contributed by atoms with Gasteiger partial charge in [-0.15, -0.1) is 0 Å². The molecule has 2 aromatic heterocycles. The molecule has 0 aliphatic heterocycles. The number of nitrogens with zero attached hydrogens (tertiary/aromatic N) is 3. The van der Waals surface area contributed by atoms with Crippen molar-refractivity contribution in [2.24, 2.45) is 0 Å². The van der Waals surface area contributed by atoms with Crippen LogP contribution in [0.15, 0.2) is 30.7 Å². The van der Waals surface area contributed by atoms with Crippen LogP contribution in [0.5, 0.6) is 0 Å². The molecule has 0 spiro atoms. The Bertz CT molecular complexity index is 520. The number of nitrogens with one attached hydrogen (secondary N) is 1. The van der Waals surface area contributed by atoms with E-state index >= 15 is 0 Å². The van der Waals surface area contributed by atoms with Crippen molar-refractivity contribution in [3.63, 3.8) is 0 Å². The molecule has 0 saturated carbocycles. The molecule has 0 saturated heterocycles. The second kappa shape index (κ2) is 4.97. The van der Waals surface area contributed by atoms with Gasteiger partial charge in [0.15, 0.2) is 0 Å². The van der Waals surface area contributed by atoms with Crippen molar-refractivity contribution in [3.8, 4) is 0 Å². The summed E-state index contributed by atoms with van der Waals surface area (Å²) in [6.07, 6.45) is 5.36. The lowest BCUT2D eigenvalue weighted by Crippen LogP contribution is -2.32. The first-order chi connectivity index (χ1) is 8.22. The number of hydrogen-bond acceptors (Lipinski definition) is 3. The molecule has 5 nitrogen and oxygen atoms in total. The van der Waals surface area contributed by atoms with Gasteiger partial charge in [0, 0.05) is 38.7 Å². The summed E-state index contributed by atoms with van der Waals surface area (Å²) < 4.78 is 1.85. The lowest BCUT2D eigenvalue weighted by molar-refractivity contribution is 0.0796. The fourth-order valence-electron chi connectivity index (χ4n) is 1.65. The maximum absolute atomic E-state index is 12.1. The topological polar surface area (TPSA) is 49.6 Å². The van der Waals surface area contributed by atoms with Crippen LogP contribution in [0.2, 0.25) is 0 Å². The van der Waals surface area contributed by atoms with Crippen molar-refractivity contribution in [3.05, 3.63) is 36.3 Å². The Labute approximate surface area is 100 Å². The Morgan fingerprint density at radius 3 is 3.12 bits per heavy atom. The number of hydrogen-bond donors (Lipinski definition) is 1. The molecule has 0 atom stereocenters. The maximum Gasteiger partial charge on any atom is 0.255 e. The highest BCUT2D eigenvalue weighted by Gasteiger charge is 2.11. The summed E-state index contributed by atoms with van der Waals surface area (Å²) in [6, 6.07) is 3.65. The number of carbonyl (C=O) groups is 1. The van der Waals surface area contributed by atoms with E-state index in [1.54, 1.807) is 30.4 Å². The zero-order valence-electron chi connectivity index (χ0n) is 10.1. The van der Waals surface area contributed by atoms with Crippen molar-refractivity contribution in [1.29, 1.82) is 0 Å². The van der Waals surface area contributed by atoms with E-state index < -0.39 is 0 Å². The molecule has 0 aromatic carbocycles. The van der Waals surface area contributed by atoms with Crippen LogP contribution in [0.1, 0.15) is 10.4 Å². The molecular formula is C12H16N4O. The van der Waals surface area contributed by atoms with Gasteiger partial charge < -0.3 is 14.6 Å². The summed E-state index contributed by atoms with van der Waals surface area (Å²) in [7, 11) is 3.67. The van der Waals surface area contributed by atoms with Gasteiger partial charge >= 0.3 is 0 Å². The van der Waals surface area contributed by atoms with Gasteiger partial charge in [0.1, 0.15) is 5.65 Å². The highest BCUT2D eigenvalue weighted by Crippen LogP contribution is 2.06. The Hall–Kier alpha value is -1.88. The average molecular weight is 232 g/mol. The number of imidazole rings is 1. The molecular weight excluding hydrogens is 216 g/mol. The molecule has 2 heterocycles. The van der Waals surface area contributed by atoms with Gasteiger partial charge in [-0.3, -0.25) is 4.79 Å². The van der Waals surface area contributed by atoms with Crippen LogP contribution < -0.4 is 5.32 Å². The van der Waals surface area contributed by atoms with E-state index in [1.807, 2.05) is 23.7 Å². The van der Waals surface area contributed by atoms with Crippen LogP contribution in [0.4, 0.5) is 0 Å². The molecule has 1 N–H and O–H groups in total. The van der Waals surface area contributed by atoms with Gasteiger partial charge in [0.2, 0.25) is 0 Å². The number of pyridine rings is 1. The van der Waals surface area contributed by atoms with Crippen LogP contribution in [0, 0.1) is 0 Å². The first-order valence-electron chi connectivity index (χ1n) is 5.55. The number of likely N-dealkylation sites (N-methyl/N-ethyl adjacent to an activating group) is 2. The summed E-state index contributed by atoms with van der Waals surface area (Å²) in [5.41, 5.74) is 1.52. The lowest BCUT2D eigenvalue weighted by Gasteiger charge is -2.16. The van der Waals surface area contributed by atoms with Gasteiger partial charge in [-0.05, 0) is 19.2 Å². The van der Waals surface area contributed by atoms with Gasteiger partial charge in [-0.1, -0.05) is 0 Å². The number of aromatic nitrogens is 2. The van der Waals surface area contributed by atoms with E-state index in [0.29, 0.717) is 12.1 Å². The summed E-state index contributed by atoms with van der Waals surface area (Å²) >= 11 is 0. The van der Waals surface area contributed by atoms with Gasteiger partial charge in [-0.2, -0.15) is 0 Å². The third-order valence-corrected chi connectivity index (χ3v) is 2.68. The smallest absolute Gasteiger partial charge is 0.255 e. The van der Waals surface area contributed by atoms with Crippen LogP contribution in [0.25, 0.3) is 5.65 Å². The fourth-order valence-corrected chi connectivity index (χ4v) is 1.65. The molecule has 2 rings (SSSR count). The van der Waals surface area contributed by atoms with E-state index in [2.05, 4.69) is 10.3 Å². The number of amides is 1. The second-order valence-electron chi connectivity index (χ2n) is 3.94. The standard InChI is InChI=1S/C12H16N4O/c1-13-5-7-15(2)12(17)10-3-4-11-14-6-8-16(11)9-10/h3-4,6,8-9,13H,5,7H2,1-2H3. The maximum atomic E-state index is 12.1. The lowest BCUT2D eigenvalue weighted by atomic mass is 10.2. The monoisotopic (exact) mass is 232 g/mol. The third-order valence-electron chi connectivity index (χ3n) is 2.68. The van der Waals surface area contributed by atoms with Crippen LogP contribution in [-0.4, -0.2) is 47.4 Å². The summed E-state index contributed by atoms with van der Waals surface area (Å²) in [6.45, 7) is 1.48. The Morgan fingerprint density at radius 2 is 2.35 bits per heavy atom. The van der Waals surface area contributed by atoms with Crippen molar-refractivity contribution in [1.82, 2.24) is 19.6 Å². The summed E-state index contributed by atoms with van der Waals surface area (Å²) in [5.74, 6) is 0.0239. The molecule has 1 amide bonds. The number of rotatable bonds is 4. The van der Waals surface area contributed by atoms with E-state index in [1.165, 1.54) is 0 Å². The van der Waals surface area contributed by atoms with Gasteiger partial charge in [0.25, 0.3) is 5.91 Å². The molecule has 0 fully saturated rings. The minimum absolute atomic E-state index is 0.0239. The summed E-state index contributed by atoms with van der Waals surface area (Å²) in [5, 5.41) is 3.02. The van der Waals surface area contributed by atoms with Crippen molar-refractivity contribution >= 4 is 11.6 Å². The minimum Gasteiger partial charge on any atom is -0.340 e. The SMILES string of the molecule is CNCCN(C)C(=O)c1ccc2nccn2c1. The van der Waals surface area contributed by atoms with E-state index in [4.69, 9.17) is 0 Å². The largest absolute Gasteiger partial charge is 0.340 e. The van der Waals surface area contributed by atoms with E-state index in [0.717, 1.165) is 12.2 Å². The van der Waals surface area contributed by atoms with Crippen molar-refractivity contribution < 1.29 is 4.79 Å². The second-order valence-corrected chi connectivity index (χ2v) is 3.94. The highest BCUT2D eigenvalue weighted by molar-refractivity contribution is 5.94. The van der Waals surface area contributed by atoms with Crippen LogP contribution in [-0.2, 0) is 0 Å². The van der Waals surface area contributed by atoms with E-state index in [-0.39, 0.29) is 5.91 Å². The number of carbonyl (C=O) groups excluding carboxylic acids is 1. The predicted octanol–water partition coefficient (Wildman–Crippen LogP) is 0.626. The highest BCUT2D eigenvalue weighted by atomic mass is 16.2. The van der Waals surface area contributed by atoms with Gasteiger partial charge in [0.05, 0.1) is 5.56 Å². The minimum atomic E-state index is 0.0239. The van der Waals surface area contributed by atoms with Crippen molar-refractivity contribution in [2.45, 2.75) is 0 Å². The molecule has 17 heavy (non-hydrogen) atoms. The molecule has 0 aliphatic rings. The third kappa shape index (κ3) is 2.45. The quantitative estimate of drug-likeness (QED) is 0.841. The first kappa shape index (κ1) is 11.6. The molecule has 0 radical (unpaired) electrons. The number of fused-ring (bicyclic) bond motifs is 1. The molecule has 5 heteroatoms. The Balaban J connectivity index is 2.17. The zero-order valence-corrected chi connectivity index (χ0v) is 10.1. The molecule has 90 valence electrons. The molecule has 0 aliphatic carbocycles. The average Bonchev–Trinajstić information content (AvgIpc) is 2.81. The zero-order chi connectivity index (χ0) is 12.3. The van der Waals surface area contributed by atoms with Gasteiger partial charge in [-0.25, -0.2) is 4.98 Å². The summed E-state index contributed by atoms with van der Waals surface area (Å²) in [4.78, 5) is 17.9. The Morgan fingerprint density at radius 1 is 1.53 bits per heavy atom. The molecule has 0 unspecified atom stereocenters. The molecule has 0 bridgehead atoms. The first-order valence-corrected chi connectivity index (χ1v) is 5.55. The van der Waals surface area contributed by atoms with Crippen LogP contribution >= 0.6 is 0 Å². The van der Waals surface area contributed by atoms with E-state index in [9.17, 15) is 4.79 Å². The predicted molar refractivity (Wildman–Crippen MR) is 66.1 cm³/mol. The normalized spacial score (nSPS) is 10.7. The fraction of sp³-hybridized carbons (Fsp3) is 0.333. The van der Waals surface area contributed by atoms with Crippen molar-refractivity contribution in [2.75, 3.05) is 27.2 Å². The Kier molecular flexibility index (Phi) is 3.39.